The van der Waals surface area contributed by atoms with Crippen molar-refractivity contribution in [1.29, 1.82) is 0 Å². The van der Waals surface area contributed by atoms with E-state index in [4.69, 9.17) is 21.1 Å². The van der Waals surface area contributed by atoms with Crippen LogP contribution in [0.1, 0.15) is 6.92 Å². The van der Waals surface area contributed by atoms with E-state index in [1.165, 1.54) is 6.92 Å². The number of carboxylic acids is 1. The average molecular weight is 366 g/mol. The Morgan fingerprint density at radius 2 is 1.50 bits per heavy atom. The molecule has 0 aliphatic carbocycles. The molecule has 4 atom stereocenters. The van der Waals surface area contributed by atoms with Gasteiger partial charge in [-0.15, -0.1) is 0 Å². The molecule has 138 valence electrons. The first-order valence-corrected chi connectivity index (χ1v) is 7.53. The molecule has 0 aromatic carbocycles. The van der Waals surface area contributed by atoms with Crippen LogP contribution >= 0.6 is 12.6 Å². The molecule has 0 radical (unpaired) electrons. The van der Waals surface area contributed by atoms with Gasteiger partial charge in [-0.1, -0.05) is 0 Å². The first-order valence-electron chi connectivity index (χ1n) is 6.89. The summed E-state index contributed by atoms with van der Waals surface area (Å²) in [6.45, 7) is -0.121. The van der Waals surface area contributed by atoms with Crippen LogP contribution in [0.4, 0.5) is 0 Å². The van der Waals surface area contributed by atoms with Gasteiger partial charge in [0, 0.05) is 5.75 Å². The largest absolute Gasteiger partial charge is 0.480 e. The lowest BCUT2D eigenvalue weighted by Gasteiger charge is -2.21. The maximum Gasteiger partial charge on any atom is 0.327 e. The predicted octanol–water partition coefficient (Wildman–Crippen LogP) is -4.21. The molecule has 0 saturated heterocycles. The van der Waals surface area contributed by atoms with Crippen LogP contribution in [0.5, 0.6) is 0 Å². The highest BCUT2D eigenvalue weighted by atomic mass is 32.1. The predicted molar refractivity (Wildman–Crippen MR) is 85.1 cm³/mol. The Morgan fingerprint density at radius 1 is 0.958 bits per heavy atom. The zero-order valence-electron chi connectivity index (χ0n) is 12.9. The number of carbonyl (C=O) groups is 4. The van der Waals surface area contributed by atoms with Crippen LogP contribution in [0.3, 0.4) is 0 Å². The third-order valence-electron chi connectivity index (χ3n) is 2.90. The Bertz CT molecular complexity index is 476. The Hall–Kier alpha value is -1.89. The molecular weight excluding hydrogens is 344 g/mol. The molecule has 0 aliphatic heterocycles. The SMILES string of the molecule is CC(NC(=O)C(CO)NC(=O)C(N)CO)C(=O)NC(CS)C(=O)O. The molecule has 12 heteroatoms. The molecule has 8 N–H and O–H groups in total. The lowest BCUT2D eigenvalue weighted by atomic mass is 10.2. The van der Waals surface area contributed by atoms with Crippen LogP contribution in [0.2, 0.25) is 0 Å². The van der Waals surface area contributed by atoms with E-state index < -0.39 is 61.1 Å². The zero-order valence-corrected chi connectivity index (χ0v) is 13.8. The Balaban J connectivity index is 4.67. The van der Waals surface area contributed by atoms with Crippen LogP contribution in [0.15, 0.2) is 0 Å². The monoisotopic (exact) mass is 366 g/mol. The molecule has 4 unspecified atom stereocenters. The molecule has 0 fully saturated rings. The van der Waals surface area contributed by atoms with E-state index in [9.17, 15) is 19.2 Å². The maximum absolute atomic E-state index is 11.9. The van der Waals surface area contributed by atoms with Gasteiger partial charge in [-0.2, -0.15) is 12.6 Å². The van der Waals surface area contributed by atoms with Crippen molar-refractivity contribution in [2.24, 2.45) is 5.73 Å². The van der Waals surface area contributed by atoms with Crippen LogP contribution in [0, 0.1) is 0 Å². The highest BCUT2D eigenvalue weighted by molar-refractivity contribution is 7.80. The lowest BCUT2D eigenvalue weighted by Crippen LogP contribution is -2.57. The number of nitrogens with one attached hydrogen (secondary N) is 3. The quantitative estimate of drug-likeness (QED) is 0.178. The van der Waals surface area contributed by atoms with Crippen molar-refractivity contribution in [3.05, 3.63) is 0 Å². The summed E-state index contributed by atoms with van der Waals surface area (Å²) in [6, 6.07) is -5.00. The van der Waals surface area contributed by atoms with E-state index in [0.29, 0.717) is 0 Å². The first kappa shape index (κ1) is 22.1. The molecule has 11 nitrogen and oxygen atoms in total. The summed E-state index contributed by atoms with van der Waals surface area (Å²) >= 11 is 3.79. The number of thiol groups is 1. The molecule has 3 amide bonds. The molecule has 0 saturated carbocycles. The molecular formula is C12H22N4O7S. The Kier molecular flexibility index (Phi) is 9.95. The Morgan fingerprint density at radius 3 is 1.92 bits per heavy atom. The number of aliphatic hydroxyl groups is 2. The van der Waals surface area contributed by atoms with Crippen LogP contribution < -0.4 is 21.7 Å². The number of carboxylic acid groups (broad SMARTS) is 1. The minimum absolute atomic E-state index is 0.143. The molecule has 0 bridgehead atoms. The molecule has 0 aromatic rings. The average Bonchev–Trinajstić information content (AvgIpc) is 2.55. The normalized spacial score (nSPS) is 15.5. The summed E-state index contributed by atoms with van der Waals surface area (Å²) in [5.41, 5.74) is 5.27. The van der Waals surface area contributed by atoms with Crippen molar-refractivity contribution in [1.82, 2.24) is 16.0 Å². The number of amides is 3. The summed E-state index contributed by atoms with van der Waals surface area (Å²) in [7, 11) is 0. The van der Waals surface area contributed by atoms with Crippen molar-refractivity contribution < 1.29 is 34.5 Å². The number of hydrogen-bond donors (Lipinski definition) is 8. The summed E-state index contributed by atoms with van der Waals surface area (Å²) in [6.07, 6.45) is 0. The van der Waals surface area contributed by atoms with Gasteiger partial charge < -0.3 is 37.0 Å². The summed E-state index contributed by atoms with van der Waals surface area (Å²) in [4.78, 5) is 46.0. The van der Waals surface area contributed by atoms with Gasteiger partial charge >= 0.3 is 5.97 Å². The van der Waals surface area contributed by atoms with E-state index in [0.717, 1.165) is 0 Å². The summed E-state index contributed by atoms with van der Waals surface area (Å²) in [5.74, 6) is -3.94. The van der Waals surface area contributed by atoms with E-state index in [-0.39, 0.29) is 5.75 Å². The summed E-state index contributed by atoms with van der Waals surface area (Å²) in [5, 5.41) is 33.2. The van der Waals surface area contributed by atoms with Gasteiger partial charge in [-0.3, -0.25) is 14.4 Å². The van der Waals surface area contributed by atoms with Gasteiger partial charge in [-0.25, -0.2) is 4.79 Å². The van der Waals surface area contributed by atoms with Crippen LogP contribution in [-0.4, -0.2) is 82.1 Å². The fraction of sp³-hybridized carbons (Fsp3) is 0.667. The second-order valence-corrected chi connectivity index (χ2v) is 5.21. The molecule has 0 aliphatic rings. The standard InChI is InChI=1S/C12H22N4O7S/c1-5(9(19)16-8(4-24)12(22)23)14-11(21)7(3-18)15-10(20)6(13)2-17/h5-8,17-18,24H,2-4,13H2,1H3,(H,14,21)(H,15,20)(H,16,19)(H,22,23). The van der Waals surface area contributed by atoms with Crippen molar-refractivity contribution in [3.63, 3.8) is 0 Å². The second-order valence-electron chi connectivity index (χ2n) is 4.85. The van der Waals surface area contributed by atoms with Crippen LogP contribution in [0.25, 0.3) is 0 Å². The fourth-order valence-electron chi connectivity index (χ4n) is 1.42. The number of aliphatic hydroxyl groups excluding tert-OH is 2. The smallest absolute Gasteiger partial charge is 0.327 e. The van der Waals surface area contributed by atoms with Gasteiger partial charge in [-0.05, 0) is 6.92 Å². The van der Waals surface area contributed by atoms with Crippen molar-refractivity contribution >= 4 is 36.3 Å². The molecule has 24 heavy (non-hydrogen) atoms. The highest BCUT2D eigenvalue weighted by Crippen LogP contribution is 1.93. The highest BCUT2D eigenvalue weighted by Gasteiger charge is 2.27. The van der Waals surface area contributed by atoms with Crippen molar-refractivity contribution in [2.75, 3.05) is 19.0 Å². The van der Waals surface area contributed by atoms with Gasteiger partial charge in [0.1, 0.15) is 24.2 Å². The number of aliphatic carboxylic acids is 1. The fourth-order valence-corrected chi connectivity index (χ4v) is 1.66. The van der Waals surface area contributed by atoms with Gasteiger partial charge in [0.05, 0.1) is 13.2 Å². The van der Waals surface area contributed by atoms with E-state index in [1.54, 1.807) is 0 Å². The van der Waals surface area contributed by atoms with Gasteiger partial charge in [0.2, 0.25) is 17.7 Å². The van der Waals surface area contributed by atoms with Crippen LogP contribution in [-0.2, 0) is 19.2 Å². The van der Waals surface area contributed by atoms with Gasteiger partial charge in [0.15, 0.2) is 0 Å². The number of rotatable bonds is 10. The maximum atomic E-state index is 11.9. The second kappa shape index (κ2) is 10.8. The lowest BCUT2D eigenvalue weighted by molar-refractivity contribution is -0.141. The molecule has 0 heterocycles. The van der Waals surface area contributed by atoms with Crippen molar-refractivity contribution in [2.45, 2.75) is 31.1 Å². The van der Waals surface area contributed by atoms with E-state index in [2.05, 4.69) is 28.6 Å². The minimum atomic E-state index is -1.38. The van der Waals surface area contributed by atoms with Gasteiger partial charge in [0.25, 0.3) is 0 Å². The van der Waals surface area contributed by atoms with E-state index >= 15 is 0 Å². The molecule has 0 aromatic heterocycles. The minimum Gasteiger partial charge on any atom is -0.480 e. The zero-order chi connectivity index (χ0) is 18.9. The third kappa shape index (κ3) is 7.12. The third-order valence-corrected chi connectivity index (χ3v) is 3.26. The Labute approximate surface area is 143 Å². The number of carbonyl (C=O) groups excluding carboxylic acids is 3. The molecule has 0 rings (SSSR count). The van der Waals surface area contributed by atoms with Crippen molar-refractivity contribution in [3.8, 4) is 0 Å². The van der Waals surface area contributed by atoms with E-state index in [1.807, 2.05) is 0 Å². The summed E-state index contributed by atoms with van der Waals surface area (Å²) < 4.78 is 0. The number of hydrogen-bond acceptors (Lipinski definition) is 8. The first-order chi connectivity index (χ1) is 11.2. The molecule has 0 spiro atoms. The number of nitrogens with two attached hydrogens (primary N) is 1. The topological polar surface area (TPSA) is 191 Å².